The molecule has 1 saturated carbocycles. The monoisotopic (exact) mass is 294 g/mol. The molecule has 2 atom stereocenters. The van der Waals surface area contributed by atoms with E-state index in [-0.39, 0.29) is 6.10 Å². The Morgan fingerprint density at radius 2 is 2.15 bits per heavy atom. The van der Waals surface area contributed by atoms with E-state index in [1.807, 2.05) is 6.07 Å². The van der Waals surface area contributed by atoms with Gasteiger partial charge in [0.25, 0.3) is 0 Å². The number of rotatable bonds is 2. The molecule has 3 fully saturated rings. The van der Waals surface area contributed by atoms with Crippen LogP contribution in [0.1, 0.15) is 24.6 Å². The van der Waals surface area contributed by atoms with Gasteiger partial charge in [-0.3, -0.25) is 4.90 Å². The zero-order chi connectivity index (χ0) is 13.7. The van der Waals surface area contributed by atoms with Gasteiger partial charge < -0.3 is 9.64 Å². The fraction of sp³-hybridized carbons (Fsp3) is 0.714. The lowest BCUT2D eigenvalue weighted by atomic mass is 10.1. The third-order valence-electron chi connectivity index (χ3n) is 4.54. The van der Waals surface area contributed by atoms with Crippen LogP contribution in [-0.4, -0.2) is 60.3 Å². The van der Waals surface area contributed by atoms with Crippen molar-refractivity contribution in [3.05, 3.63) is 17.0 Å². The lowest BCUT2D eigenvalue weighted by Crippen LogP contribution is -2.48. The number of aromatic nitrogens is 2. The van der Waals surface area contributed by atoms with Crippen molar-refractivity contribution in [1.82, 2.24) is 14.9 Å². The first-order valence-electron chi connectivity index (χ1n) is 7.32. The smallest absolute Gasteiger partial charge is 0.135 e. The van der Waals surface area contributed by atoms with Crippen molar-refractivity contribution in [2.45, 2.75) is 30.9 Å². The topological polar surface area (TPSA) is 41.5 Å². The first-order valence-corrected chi connectivity index (χ1v) is 7.70. The number of anilines is 1. The van der Waals surface area contributed by atoms with E-state index in [0.717, 1.165) is 37.9 Å². The van der Waals surface area contributed by atoms with E-state index < -0.39 is 0 Å². The van der Waals surface area contributed by atoms with Gasteiger partial charge in [0.05, 0.1) is 18.8 Å². The number of nitrogens with zero attached hydrogens (tertiary/aromatic N) is 4. The molecule has 1 aromatic rings. The van der Waals surface area contributed by atoms with E-state index >= 15 is 0 Å². The van der Waals surface area contributed by atoms with Crippen LogP contribution in [0.15, 0.2) is 6.07 Å². The Hall–Kier alpha value is -0.910. The third-order valence-corrected chi connectivity index (χ3v) is 4.74. The highest BCUT2D eigenvalue weighted by Gasteiger charge is 2.39. The van der Waals surface area contributed by atoms with Crippen LogP contribution < -0.4 is 4.90 Å². The summed E-state index contributed by atoms with van der Waals surface area (Å²) < 4.78 is 5.88. The van der Waals surface area contributed by atoms with Crippen LogP contribution in [0.4, 0.5) is 5.82 Å². The molecule has 0 aromatic carbocycles. The van der Waals surface area contributed by atoms with Crippen molar-refractivity contribution >= 4 is 17.4 Å². The normalized spacial score (nSPS) is 30.6. The number of halogens is 1. The lowest BCUT2D eigenvalue weighted by molar-refractivity contribution is -0.0362. The molecule has 1 aliphatic carbocycles. The Bertz CT molecular complexity index is 522. The van der Waals surface area contributed by atoms with E-state index in [4.69, 9.17) is 21.3 Å². The minimum Gasteiger partial charge on any atom is -0.373 e. The third kappa shape index (κ3) is 2.28. The second-order valence-electron chi connectivity index (χ2n) is 6.04. The molecule has 0 spiro atoms. The quantitative estimate of drug-likeness (QED) is 0.774. The van der Waals surface area contributed by atoms with Crippen LogP contribution in [0, 0.1) is 0 Å². The Balaban J connectivity index is 1.58. The summed E-state index contributed by atoms with van der Waals surface area (Å²) in [5.41, 5.74) is 0. The molecule has 1 aromatic heterocycles. The average molecular weight is 295 g/mol. The molecule has 3 aliphatic rings. The number of likely N-dealkylation sites (N-methyl/N-ethyl adjacent to an activating group) is 1. The minimum absolute atomic E-state index is 0.284. The first kappa shape index (κ1) is 12.8. The number of hydrogen-bond acceptors (Lipinski definition) is 5. The van der Waals surface area contributed by atoms with Crippen LogP contribution in [0.5, 0.6) is 0 Å². The maximum absolute atomic E-state index is 6.16. The van der Waals surface area contributed by atoms with Gasteiger partial charge in [0, 0.05) is 31.6 Å². The molecule has 0 radical (unpaired) electrons. The van der Waals surface area contributed by atoms with Gasteiger partial charge in [-0.1, -0.05) is 11.6 Å². The molecule has 20 heavy (non-hydrogen) atoms. The summed E-state index contributed by atoms with van der Waals surface area (Å²) in [6, 6.07) is 2.34. The Labute approximate surface area is 123 Å². The van der Waals surface area contributed by atoms with E-state index in [1.165, 1.54) is 12.8 Å². The summed E-state index contributed by atoms with van der Waals surface area (Å²) in [6.45, 7) is 3.68. The molecule has 4 rings (SSSR count). The van der Waals surface area contributed by atoms with Gasteiger partial charge in [-0.2, -0.15) is 0 Å². The average Bonchev–Trinajstić information content (AvgIpc) is 3.18. The van der Waals surface area contributed by atoms with Gasteiger partial charge in [-0.25, -0.2) is 9.97 Å². The van der Waals surface area contributed by atoms with Crippen molar-refractivity contribution in [3.8, 4) is 0 Å². The van der Waals surface area contributed by atoms with Crippen LogP contribution in [-0.2, 0) is 4.74 Å². The number of morpholine rings is 1. The van der Waals surface area contributed by atoms with Crippen LogP contribution in [0.25, 0.3) is 0 Å². The molecule has 5 nitrogen and oxygen atoms in total. The maximum atomic E-state index is 6.16. The second-order valence-corrected chi connectivity index (χ2v) is 6.43. The Kier molecular flexibility index (Phi) is 3.09. The SMILES string of the molecule is CN1CCOC2CN(c3cc(Cl)nc(C4CC4)n3)CC21. The van der Waals surface area contributed by atoms with E-state index in [0.29, 0.717) is 17.1 Å². The van der Waals surface area contributed by atoms with Crippen molar-refractivity contribution in [2.75, 3.05) is 38.2 Å². The van der Waals surface area contributed by atoms with Gasteiger partial charge in [0.1, 0.15) is 16.8 Å². The van der Waals surface area contributed by atoms with Crippen molar-refractivity contribution < 1.29 is 4.74 Å². The summed E-state index contributed by atoms with van der Waals surface area (Å²) in [6.07, 6.45) is 2.67. The predicted molar refractivity (Wildman–Crippen MR) is 77.4 cm³/mol. The molecule has 2 aliphatic heterocycles. The summed E-state index contributed by atoms with van der Waals surface area (Å²) in [5.74, 6) is 2.39. The van der Waals surface area contributed by atoms with E-state index in [1.54, 1.807) is 0 Å². The largest absolute Gasteiger partial charge is 0.373 e. The summed E-state index contributed by atoms with van der Waals surface area (Å²) in [7, 11) is 2.17. The van der Waals surface area contributed by atoms with Crippen molar-refractivity contribution in [3.63, 3.8) is 0 Å². The molecule has 0 bridgehead atoms. The van der Waals surface area contributed by atoms with Crippen LogP contribution in [0.2, 0.25) is 5.15 Å². The molecule has 0 amide bonds. The summed E-state index contributed by atoms with van der Waals surface area (Å²) >= 11 is 6.16. The lowest BCUT2D eigenvalue weighted by Gasteiger charge is -2.33. The fourth-order valence-corrected chi connectivity index (χ4v) is 3.34. The molecule has 3 heterocycles. The van der Waals surface area contributed by atoms with E-state index in [2.05, 4.69) is 21.8 Å². The van der Waals surface area contributed by atoms with Gasteiger partial charge in [-0.05, 0) is 19.9 Å². The van der Waals surface area contributed by atoms with Gasteiger partial charge in [0.2, 0.25) is 0 Å². The summed E-state index contributed by atoms with van der Waals surface area (Å²) in [4.78, 5) is 13.8. The van der Waals surface area contributed by atoms with Crippen LogP contribution >= 0.6 is 11.6 Å². The van der Waals surface area contributed by atoms with Crippen molar-refractivity contribution in [1.29, 1.82) is 0 Å². The second kappa shape index (κ2) is 4.83. The first-order chi connectivity index (χ1) is 9.70. The Morgan fingerprint density at radius 3 is 2.90 bits per heavy atom. The summed E-state index contributed by atoms with van der Waals surface area (Å²) in [5, 5.41) is 0.557. The highest BCUT2D eigenvalue weighted by molar-refractivity contribution is 6.29. The number of fused-ring (bicyclic) bond motifs is 1. The minimum atomic E-state index is 0.284. The molecular formula is C14H19ClN4O. The zero-order valence-electron chi connectivity index (χ0n) is 11.6. The van der Waals surface area contributed by atoms with Gasteiger partial charge in [-0.15, -0.1) is 0 Å². The van der Waals surface area contributed by atoms with Gasteiger partial charge in [0.15, 0.2) is 0 Å². The molecule has 6 heteroatoms. The standard InChI is InChI=1S/C14H19ClN4O/c1-18-4-5-20-11-8-19(7-10(11)18)13-6-12(15)16-14(17-13)9-2-3-9/h6,9-11H,2-5,7-8H2,1H3. The predicted octanol–water partition coefficient (Wildman–Crippen LogP) is 1.53. The highest BCUT2D eigenvalue weighted by atomic mass is 35.5. The van der Waals surface area contributed by atoms with Gasteiger partial charge >= 0.3 is 0 Å². The van der Waals surface area contributed by atoms with Crippen molar-refractivity contribution in [2.24, 2.45) is 0 Å². The molecule has 2 unspecified atom stereocenters. The molecule has 108 valence electrons. The maximum Gasteiger partial charge on any atom is 0.135 e. The Morgan fingerprint density at radius 1 is 1.30 bits per heavy atom. The fourth-order valence-electron chi connectivity index (χ4n) is 3.15. The zero-order valence-corrected chi connectivity index (χ0v) is 12.4. The highest BCUT2D eigenvalue weighted by Crippen LogP contribution is 2.39. The van der Waals surface area contributed by atoms with E-state index in [9.17, 15) is 0 Å². The molecular weight excluding hydrogens is 276 g/mol. The molecule has 0 N–H and O–H groups in total. The number of ether oxygens (including phenoxy) is 1. The van der Waals surface area contributed by atoms with Crippen LogP contribution in [0.3, 0.4) is 0 Å². The number of hydrogen-bond donors (Lipinski definition) is 0. The molecule has 2 saturated heterocycles.